The Morgan fingerprint density at radius 2 is 1.43 bits per heavy atom. The fraction of sp³-hybridized carbons (Fsp3) is 0.214. The molecule has 0 fully saturated rings. The highest BCUT2D eigenvalue weighted by atomic mass is 16.2. The van der Waals surface area contributed by atoms with Crippen LogP contribution in [0.3, 0.4) is 0 Å². The summed E-state index contributed by atoms with van der Waals surface area (Å²) in [6, 6.07) is 22.9. The van der Waals surface area contributed by atoms with Crippen molar-refractivity contribution in [2.24, 2.45) is 0 Å². The molecule has 0 aromatic heterocycles. The van der Waals surface area contributed by atoms with Crippen LogP contribution in [-0.2, 0) is 9.59 Å². The number of benzene rings is 3. The molecular formula is C28H25N3O4. The maximum absolute atomic E-state index is 13.9. The molecule has 3 aromatic rings. The third kappa shape index (κ3) is 3.79. The van der Waals surface area contributed by atoms with Crippen LogP contribution < -0.4 is 9.80 Å². The van der Waals surface area contributed by atoms with Gasteiger partial charge in [0, 0.05) is 24.3 Å². The Kier molecular flexibility index (Phi) is 5.68. The lowest BCUT2D eigenvalue weighted by atomic mass is 9.90. The van der Waals surface area contributed by atoms with E-state index in [2.05, 4.69) is 0 Å². The maximum atomic E-state index is 13.9. The van der Waals surface area contributed by atoms with Crippen molar-refractivity contribution in [3.63, 3.8) is 0 Å². The third-order valence-corrected chi connectivity index (χ3v) is 6.69. The number of fused-ring (bicyclic) bond motifs is 2. The van der Waals surface area contributed by atoms with Gasteiger partial charge in [0.15, 0.2) is 0 Å². The molecule has 0 N–H and O–H groups in total. The predicted octanol–water partition coefficient (Wildman–Crippen LogP) is 4.20. The van der Waals surface area contributed by atoms with Gasteiger partial charge >= 0.3 is 0 Å². The summed E-state index contributed by atoms with van der Waals surface area (Å²) in [6.45, 7) is 3.13. The molecule has 5 rings (SSSR count). The first-order valence-electron chi connectivity index (χ1n) is 11.6. The molecule has 0 saturated carbocycles. The summed E-state index contributed by atoms with van der Waals surface area (Å²) in [5, 5.41) is 0. The van der Waals surface area contributed by atoms with Crippen molar-refractivity contribution >= 4 is 35.0 Å². The highest BCUT2D eigenvalue weighted by Gasteiger charge is 2.41. The molecule has 2 aliphatic rings. The second-order valence-corrected chi connectivity index (χ2v) is 8.89. The van der Waals surface area contributed by atoms with Crippen LogP contribution in [0.1, 0.15) is 52.6 Å². The van der Waals surface area contributed by atoms with Gasteiger partial charge in [0.2, 0.25) is 11.8 Å². The summed E-state index contributed by atoms with van der Waals surface area (Å²) in [5.74, 6) is -1.36. The zero-order chi connectivity index (χ0) is 24.7. The quantitative estimate of drug-likeness (QED) is 0.539. The number of nitrogens with zero attached hydrogens (tertiary/aromatic N) is 3. The number of hydrogen-bond acceptors (Lipinski definition) is 4. The minimum absolute atomic E-state index is 0.0630. The van der Waals surface area contributed by atoms with Gasteiger partial charge in [0.25, 0.3) is 11.8 Å². The number of carbonyl (C=O) groups excluding carboxylic acids is 4. The molecule has 3 aromatic carbocycles. The lowest BCUT2D eigenvalue weighted by Gasteiger charge is -2.43. The van der Waals surface area contributed by atoms with E-state index < -0.39 is 11.8 Å². The monoisotopic (exact) mass is 467 g/mol. The number of anilines is 2. The van der Waals surface area contributed by atoms with Crippen LogP contribution in [0.4, 0.5) is 11.4 Å². The van der Waals surface area contributed by atoms with Crippen molar-refractivity contribution in [2.45, 2.75) is 32.4 Å². The van der Waals surface area contributed by atoms with Crippen LogP contribution in [0.2, 0.25) is 0 Å². The molecule has 35 heavy (non-hydrogen) atoms. The third-order valence-electron chi connectivity index (χ3n) is 6.69. The Balaban J connectivity index is 1.54. The zero-order valence-corrected chi connectivity index (χ0v) is 19.5. The Morgan fingerprint density at radius 1 is 0.857 bits per heavy atom. The molecule has 0 unspecified atom stereocenters. The van der Waals surface area contributed by atoms with Gasteiger partial charge in [-0.3, -0.25) is 24.1 Å². The lowest BCUT2D eigenvalue weighted by Crippen LogP contribution is -2.49. The van der Waals surface area contributed by atoms with Crippen LogP contribution in [-0.4, -0.2) is 41.1 Å². The highest BCUT2D eigenvalue weighted by Crippen LogP contribution is 2.42. The minimum Gasteiger partial charge on any atom is -0.309 e. The Morgan fingerprint density at radius 3 is 2.06 bits per heavy atom. The topological polar surface area (TPSA) is 78.0 Å². The van der Waals surface area contributed by atoms with Crippen LogP contribution >= 0.6 is 0 Å². The molecule has 0 spiro atoms. The Labute approximate surface area is 203 Å². The van der Waals surface area contributed by atoms with E-state index in [1.807, 2.05) is 61.5 Å². The van der Waals surface area contributed by atoms with Crippen LogP contribution in [0.15, 0.2) is 78.9 Å². The number of imide groups is 1. The Hall–Kier alpha value is -4.26. The first kappa shape index (κ1) is 22.5. The van der Waals surface area contributed by atoms with Gasteiger partial charge in [0.1, 0.15) is 6.54 Å². The summed E-state index contributed by atoms with van der Waals surface area (Å²) < 4.78 is 0. The van der Waals surface area contributed by atoms with Crippen molar-refractivity contribution in [2.75, 3.05) is 16.3 Å². The largest absolute Gasteiger partial charge is 0.309 e. The van der Waals surface area contributed by atoms with E-state index in [1.165, 1.54) is 6.92 Å². The molecule has 2 aliphatic heterocycles. The Bertz CT molecular complexity index is 1300. The number of carbonyl (C=O) groups is 4. The summed E-state index contributed by atoms with van der Waals surface area (Å²) in [6.07, 6.45) is 0.513. The van der Waals surface area contributed by atoms with E-state index in [1.54, 1.807) is 34.1 Å². The number of para-hydroxylation sites is 2. The van der Waals surface area contributed by atoms with Gasteiger partial charge in [-0.1, -0.05) is 48.5 Å². The fourth-order valence-corrected chi connectivity index (χ4v) is 5.19. The SMILES string of the molecule is CC(=O)N1c2ccccc2[C@H](N(C(=O)CN2C(=O)c3ccccc3C2=O)c2ccccc2)C[C@H]1C. The van der Waals surface area contributed by atoms with Gasteiger partial charge in [-0.25, -0.2) is 0 Å². The van der Waals surface area contributed by atoms with Crippen molar-refractivity contribution in [3.05, 3.63) is 95.6 Å². The van der Waals surface area contributed by atoms with E-state index >= 15 is 0 Å². The second kappa shape index (κ2) is 8.83. The van der Waals surface area contributed by atoms with E-state index in [4.69, 9.17) is 0 Å². The highest BCUT2D eigenvalue weighted by molar-refractivity contribution is 6.22. The van der Waals surface area contributed by atoms with E-state index in [0.717, 1.165) is 16.2 Å². The molecule has 7 nitrogen and oxygen atoms in total. The molecule has 2 atom stereocenters. The molecule has 0 aliphatic carbocycles. The number of rotatable bonds is 4. The van der Waals surface area contributed by atoms with Crippen molar-refractivity contribution < 1.29 is 19.2 Å². The van der Waals surface area contributed by atoms with Gasteiger partial charge in [-0.2, -0.15) is 0 Å². The van der Waals surface area contributed by atoms with Crippen molar-refractivity contribution in [3.8, 4) is 0 Å². The van der Waals surface area contributed by atoms with Crippen molar-refractivity contribution in [1.29, 1.82) is 0 Å². The zero-order valence-electron chi connectivity index (χ0n) is 19.5. The molecule has 176 valence electrons. The van der Waals surface area contributed by atoms with E-state index in [0.29, 0.717) is 23.2 Å². The minimum atomic E-state index is -0.466. The molecule has 4 amide bonds. The standard InChI is InChI=1S/C28H25N3O4/c1-18-16-25(23-14-8-9-15-24(23)30(18)19(2)32)31(20-10-4-3-5-11-20)26(33)17-29-27(34)21-12-6-7-13-22(21)28(29)35/h3-15,18,25H,16-17H2,1-2H3/t18-,25-/m1/s1. The maximum Gasteiger partial charge on any atom is 0.262 e. The van der Waals surface area contributed by atoms with Crippen LogP contribution in [0.5, 0.6) is 0 Å². The fourth-order valence-electron chi connectivity index (χ4n) is 5.19. The van der Waals surface area contributed by atoms with Gasteiger partial charge in [0.05, 0.1) is 17.2 Å². The lowest BCUT2D eigenvalue weighted by molar-refractivity contribution is -0.119. The summed E-state index contributed by atoms with van der Waals surface area (Å²) in [7, 11) is 0. The summed E-state index contributed by atoms with van der Waals surface area (Å²) in [4.78, 5) is 56.6. The van der Waals surface area contributed by atoms with Crippen molar-refractivity contribution in [1.82, 2.24) is 4.90 Å². The molecule has 0 saturated heterocycles. The van der Waals surface area contributed by atoms with E-state index in [-0.39, 0.29) is 30.4 Å². The predicted molar refractivity (Wildman–Crippen MR) is 132 cm³/mol. The number of amides is 4. The normalized spacial score (nSPS) is 18.8. The molecule has 0 radical (unpaired) electrons. The van der Waals surface area contributed by atoms with Gasteiger partial charge < -0.3 is 9.80 Å². The van der Waals surface area contributed by atoms with Crippen LogP contribution in [0, 0.1) is 0 Å². The molecule has 2 heterocycles. The summed E-state index contributed by atoms with van der Waals surface area (Å²) in [5.41, 5.74) is 2.89. The number of hydrogen-bond donors (Lipinski definition) is 0. The smallest absolute Gasteiger partial charge is 0.262 e. The first-order valence-corrected chi connectivity index (χ1v) is 11.6. The average molecular weight is 468 g/mol. The van der Waals surface area contributed by atoms with E-state index in [9.17, 15) is 19.2 Å². The molecule has 7 heteroatoms. The second-order valence-electron chi connectivity index (χ2n) is 8.89. The van der Waals surface area contributed by atoms with Crippen LogP contribution in [0.25, 0.3) is 0 Å². The molecule has 0 bridgehead atoms. The van der Waals surface area contributed by atoms with Gasteiger partial charge in [-0.05, 0) is 49.2 Å². The van der Waals surface area contributed by atoms with Gasteiger partial charge in [-0.15, -0.1) is 0 Å². The summed E-state index contributed by atoms with van der Waals surface area (Å²) >= 11 is 0. The average Bonchev–Trinajstić information content (AvgIpc) is 3.09. The first-order chi connectivity index (χ1) is 16.9. The molecular weight excluding hydrogens is 442 g/mol.